The van der Waals surface area contributed by atoms with Gasteiger partial charge in [0.25, 0.3) is 0 Å². The van der Waals surface area contributed by atoms with Crippen LogP contribution in [0.4, 0.5) is 0 Å². The van der Waals surface area contributed by atoms with E-state index in [9.17, 15) is 4.79 Å². The Labute approximate surface area is 149 Å². The molecule has 132 valence electrons. The average molecular weight is 338 g/mol. The van der Waals surface area contributed by atoms with Crippen LogP contribution >= 0.6 is 0 Å². The van der Waals surface area contributed by atoms with Crippen molar-refractivity contribution in [3.63, 3.8) is 0 Å². The highest BCUT2D eigenvalue weighted by Crippen LogP contribution is 2.27. The lowest BCUT2D eigenvalue weighted by atomic mass is 9.95. The fourth-order valence-electron chi connectivity index (χ4n) is 4.19. The molecule has 4 rings (SSSR count). The topological polar surface area (TPSA) is 52.2 Å². The normalized spacial score (nSPS) is 22.4. The number of imidazole rings is 1. The Bertz CT molecular complexity index is 727. The first kappa shape index (κ1) is 16.3. The first-order chi connectivity index (χ1) is 12.2. The maximum Gasteiger partial charge on any atom is 0.239 e. The number of aromatic amines is 1. The van der Waals surface area contributed by atoms with Crippen molar-refractivity contribution < 1.29 is 4.79 Å². The number of amides is 1. The van der Waals surface area contributed by atoms with E-state index in [2.05, 4.69) is 46.1 Å². The molecule has 1 aromatic carbocycles. The van der Waals surface area contributed by atoms with Gasteiger partial charge in [0.2, 0.25) is 5.91 Å². The minimum atomic E-state index is -0.0666. The van der Waals surface area contributed by atoms with Crippen LogP contribution < -0.4 is 0 Å². The smallest absolute Gasteiger partial charge is 0.239 e. The number of carbonyl (C=O) groups excluding carboxylic acids is 1. The van der Waals surface area contributed by atoms with E-state index < -0.39 is 0 Å². The zero-order valence-electron chi connectivity index (χ0n) is 14.8. The fraction of sp³-hybridized carbons (Fsp3) is 0.500. The molecular formula is C20H26N4O. The zero-order valence-corrected chi connectivity index (χ0v) is 14.8. The van der Waals surface area contributed by atoms with Crippen molar-refractivity contribution in [2.45, 2.75) is 44.7 Å². The predicted octanol–water partition coefficient (Wildman–Crippen LogP) is 2.56. The van der Waals surface area contributed by atoms with Gasteiger partial charge in [0.1, 0.15) is 5.82 Å². The third-order valence-electron chi connectivity index (χ3n) is 5.71. The summed E-state index contributed by atoms with van der Waals surface area (Å²) in [4.78, 5) is 25.1. The van der Waals surface area contributed by atoms with Crippen LogP contribution in [0.25, 0.3) is 0 Å². The van der Waals surface area contributed by atoms with Crippen LogP contribution in [0.15, 0.2) is 36.7 Å². The molecule has 0 saturated carbocycles. The van der Waals surface area contributed by atoms with E-state index in [4.69, 9.17) is 0 Å². The molecule has 5 nitrogen and oxygen atoms in total. The van der Waals surface area contributed by atoms with E-state index in [0.717, 1.165) is 51.3 Å². The summed E-state index contributed by atoms with van der Waals surface area (Å²) in [5.74, 6) is 1.71. The number of benzene rings is 1. The minimum Gasteiger partial charge on any atom is -0.348 e. The summed E-state index contributed by atoms with van der Waals surface area (Å²) in [7, 11) is 0. The Kier molecular flexibility index (Phi) is 4.57. The second kappa shape index (κ2) is 7.00. The number of fused-ring (bicyclic) bond motifs is 1. The molecule has 2 unspecified atom stereocenters. The first-order valence-corrected chi connectivity index (χ1v) is 9.31. The van der Waals surface area contributed by atoms with Crippen LogP contribution in [0, 0.1) is 0 Å². The third kappa shape index (κ3) is 3.33. The molecule has 1 amide bonds. The van der Waals surface area contributed by atoms with Gasteiger partial charge < -0.3 is 9.88 Å². The molecule has 5 heteroatoms. The maximum atomic E-state index is 13.1. The van der Waals surface area contributed by atoms with Crippen LogP contribution in [-0.2, 0) is 17.8 Å². The van der Waals surface area contributed by atoms with E-state index in [0.29, 0.717) is 5.92 Å². The molecule has 2 aliphatic rings. The minimum absolute atomic E-state index is 0.0666. The van der Waals surface area contributed by atoms with Gasteiger partial charge in [-0.05, 0) is 43.9 Å². The number of nitrogens with one attached hydrogen (secondary N) is 1. The van der Waals surface area contributed by atoms with Gasteiger partial charge in [0, 0.05) is 37.9 Å². The van der Waals surface area contributed by atoms with Gasteiger partial charge in [-0.2, -0.15) is 0 Å². The summed E-state index contributed by atoms with van der Waals surface area (Å²) in [5.41, 5.74) is 2.68. The number of H-pyrrole nitrogens is 1. The van der Waals surface area contributed by atoms with Crippen LogP contribution in [0.5, 0.6) is 0 Å². The van der Waals surface area contributed by atoms with Crippen molar-refractivity contribution in [3.8, 4) is 0 Å². The molecule has 1 fully saturated rings. The highest BCUT2D eigenvalue weighted by atomic mass is 16.2. The second-order valence-electron chi connectivity index (χ2n) is 7.26. The number of nitrogens with zero attached hydrogens (tertiary/aromatic N) is 3. The lowest BCUT2D eigenvalue weighted by Gasteiger charge is -2.38. The number of hydrogen-bond acceptors (Lipinski definition) is 3. The quantitative estimate of drug-likeness (QED) is 0.936. The lowest BCUT2D eigenvalue weighted by Crippen LogP contribution is -2.51. The molecule has 0 radical (unpaired) electrons. The van der Waals surface area contributed by atoms with Crippen molar-refractivity contribution in [2.24, 2.45) is 0 Å². The Morgan fingerprint density at radius 1 is 1.28 bits per heavy atom. The number of piperidine rings is 1. The second-order valence-corrected chi connectivity index (χ2v) is 7.26. The SMILES string of the molecule is CC(C(=O)N1CCc2ccccc2C1)N1CCCC(c2ncc[nH]2)C1. The molecule has 1 N–H and O–H groups in total. The van der Waals surface area contributed by atoms with Crippen LogP contribution in [0.3, 0.4) is 0 Å². The van der Waals surface area contributed by atoms with Crippen molar-refractivity contribution in [1.82, 2.24) is 19.8 Å². The molecule has 0 aliphatic carbocycles. The van der Waals surface area contributed by atoms with E-state index >= 15 is 0 Å². The van der Waals surface area contributed by atoms with Crippen LogP contribution in [0.2, 0.25) is 0 Å². The largest absolute Gasteiger partial charge is 0.348 e. The average Bonchev–Trinajstić information content (AvgIpc) is 3.21. The highest BCUT2D eigenvalue weighted by molar-refractivity contribution is 5.81. The summed E-state index contributed by atoms with van der Waals surface area (Å²) in [6.07, 6.45) is 6.92. The van der Waals surface area contributed by atoms with Gasteiger partial charge in [-0.25, -0.2) is 4.98 Å². The van der Waals surface area contributed by atoms with Crippen molar-refractivity contribution in [3.05, 3.63) is 53.6 Å². The maximum absolute atomic E-state index is 13.1. The summed E-state index contributed by atoms with van der Waals surface area (Å²) in [6, 6.07) is 8.41. The third-order valence-corrected chi connectivity index (χ3v) is 5.71. The summed E-state index contributed by atoms with van der Waals surface area (Å²) in [5, 5.41) is 0. The van der Waals surface area contributed by atoms with Crippen LogP contribution in [-0.4, -0.2) is 51.4 Å². The molecule has 0 bridgehead atoms. The van der Waals surface area contributed by atoms with Crippen molar-refractivity contribution >= 4 is 5.91 Å². The van der Waals surface area contributed by atoms with Gasteiger partial charge in [0.15, 0.2) is 0 Å². The van der Waals surface area contributed by atoms with E-state index in [-0.39, 0.29) is 11.9 Å². The van der Waals surface area contributed by atoms with Gasteiger partial charge >= 0.3 is 0 Å². The van der Waals surface area contributed by atoms with Crippen molar-refractivity contribution in [1.29, 1.82) is 0 Å². The van der Waals surface area contributed by atoms with Gasteiger partial charge in [-0.3, -0.25) is 9.69 Å². The van der Waals surface area contributed by atoms with E-state index in [1.807, 2.05) is 17.3 Å². The Morgan fingerprint density at radius 2 is 2.12 bits per heavy atom. The first-order valence-electron chi connectivity index (χ1n) is 9.31. The zero-order chi connectivity index (χ0) is 17.2. The number of aromatic nitrogens is 2. The van der Waals surface area contributed by atoms with E-state index in [1.165, 1.54) is 11.1 Å². The summed E-state index contributed by atoms with van der Waals surface area (Å²) in [6.45, 7) is 5.54. The number of likely N-dealkylation sites (tertiary alicyclic amines) is 1. The molecule has 0 spiro atoms. The molecule has 2 aromatic rings. The predicted molar refractivity (Wildman–Crippen MR) is 97.2 cm³/mol. The monoisotopic (exact) mass is 338 g/mol. The highest BCUT2D eigenvalue weighted by Gasteiger charge is 2.32. The Balaban J connectivity index is 1.42. The summed E-state index contributed by atoms with van der Waals surface area (Å²) >= 11 is 0. The molecule has 25 heavy (non-hydrogen) atoms. The lowest BCUT2D eigenvalue weighted by molar-refractivity contribution is -0.137. The van der Waals surface area contributed by atoms with Gasteiger partial charge in [-0.15, -0.1) is 0 Å². The molecular weight excluding hydrogens is 312 g/mol. The van der Waals surface area contributed by atoms with Gasteiger partial charge in [0.05, 0.1) is 6.04 Å². The van der Waals surface area contributed by atoms with Crippen molar-refractivity contribution in [2.75, 3.05) is 19.6 Å². The van der Waals surface area contributed by atoms with Crippen LogP contribution in [0.1, 0.15) is 42.6 Å². The molecule has 1 saturated heterocycles. The fourth-order valence-corrected chi connectivity index (χ4v) is 4.19. The molecule has 2 aliphatic heterocycles. The Morgan fingerprint density at radius 3 is 2.92 bits per heavy atom. The summed E-state index contributed by atoms with van der Waals surface area (Å²) < 4.78 is 0. The standard InChI is InChI=1S/C20H26N4O/c1-15(23-11-4-7-18(14-23)19-21-9-10-22-19)20(25)24-12-8-16-5-2-3-6-17(16)13-24/h2-3,5-6,9-10,15,18H,4,7-8,11-14H2,1H3,(H,21,22). The van der Waals surface area contributed by atoms with Gasteiger partial charge in [-0.1, -0.05) is 24.3 Å². The molecule has 3 heterocycles. The number of carbonyl (C=O) groups is 1. The molecule has 1 aromatic heterocycles. The van der Waals surface area contributed by atoms with E-state index in [1.54, 1.807) is 0 Å². The Hall–Kier alpha value is -2.14. The number of hydrogen-bond donors (Lipinski definition) is 1. The number of rotatable bonds is 3. The molecule has 2 atom stereocenters.